The molecule has 1 atom stereocenters. The van der Waals surface area contributed by atoms with Crippen LogP contribution in [0.3, 0.4) is 0 Å². The minimum atomic E-state index is -4.16. The van der Waals surface area contributed by atoms with Crippen LogP contribution in [0.15, 0.2) is 108 Å². The molecule has 44 heavy (non-hydrogen) atoms. The van der Waals surface area contributed by atoms with E-state index in [0.29, 0.717) is 21.3 Å². The Balaban J connectivity index is 1.81. The molecule has 4 aromatic carbocycles. The molecule has 0 spiro atoms. The predicted molar refractivity (Wildman–Crippen MR) is 184 cm³/mol. The normalized spacial score (nSPS) is 12.0. The second-order valence-electron chi connectivity index (χ2n) is 10.4. The van der Waals surface area contributed by atoms with Crippen LogP contribution >= 0.6 is 45.8 Å². The summed E-state index contributed by atoms with van der Waals surface area (Å²) in [5.74, 6) is -0.919. The molecule has 7 nitrogen and oxygen atoms in total. The third-order valence-electron chi connectivity index (χ3n) is 6.76. The van der Waals surface area contributed by atoms with Gasteiger partial charge in [-0.15, -0.1) is 0 Å². The number of hydrogen-bond donors (Lipinski definition) is 1. The zero-order chi connectivity index (χ0) is 31.9. The van der Waals surface area contributed by atoms with Crippen molar-refractivity contribution < 1.29 is 18.0 Å². The van der Waals surface area contributed by atoms with Crippen molar-refractivity contribution in [2.75, 3.05) is 10.8 Å². The van der Waals surface area contributed by atoms with E-state index in [1.165, 1.54) is 17.0 Å². The van der Waals surface area contributed by atoms with E-state index in [1.54, 1.807) is 60.7 Å². The lowest BCUT2D eigenvalue weighted by molar-refractivity contribution is -0.140. The minimum absolute atomic E-state index is 0.00928. The van der Waals surface area contributed by atoms with Crippen molar-refractivity contribution in [2.45, 2.75) is 43.8 Å². The van der Waals surface area contributed by atoms with Crippen molar-refractivity contribution in [3.05, 3.63) is 128 Å². The lowest BCUT2D eigenvalue weighted by Crippen LogP contribution is -2.54. The maximum atomic E-state index is 14.4. The quantitative estimate of drug-likeness (QED) is 0.158. The molecule has 230 valence electrons. The fourth-order valence-electron chi connectivity index (χ4n) is 4.63. The molecule has 0 fully saturated rings. The third kappa shape index (κ3) is 8.74. The van der Waals surface area contributed by atoms with Crippen LogP contribution < -0.4 is 9.62 Å². The van der Waals surface area contributed by atoms with Crippen LogP contribution in [0.1, 0.15) is 25.0 Å². The van der Waals surface area contributed by atoms with Crippen LogP contribution in [0.2, 0.25) is 10.0 Å². The lowest BCUT2D eigenvalue weighted by Gasteiger charge is -2.34. The van der Waals surface area contributed by atoms with Gasteiger partial charge in [-0.3, -0.25) is 13.9 Å². The van der Waals surface area contributed by atoms with Gasteiger partial charge in [-0.05, 0) is 96.1 Å². The van der Waals surface area contributed by atoms with Gasteiger partial charge in [0.15, 0.2) is 0 Å². The van der Waals surface area contributed by atoms with E-state index in [4.69, 9.17) is 23.2 Å². The summed E-state index contributed by atoms with van der Waals surface area (Å²) in [4.78, 5) is 29.6. The highest BCUT2D eigenvalue weighted by molar-refractivity contribution is 14.1. The summed E-state index contributed by atoms with van der Waals surface area (Å²) in [6, 6.07) is 28.0. The van der Waals surface area contributed by atoms with Crippen molar-refractivity contribution in [2.24, 2.45) is 0 Å². The predicted octanol–water partition coefficient (Wildman–Crippen LogP) is 6.96. The highest BCUT2D eigenvalue weighted by Crippen LogP contribution is 2.27. The highest BCUT2D eigenvalue weighted by Gasteiger charge is 2.34. The van der Waals surface area contributed by atoms with Gasteiger partial charge in [0, 0.05) is 22.6 Å². The van der Waals surface area contributed by atoms with Crippen LogP contribution in [0.5, 0.6) is 0 Å². The standard InChI is InChI=1S/C33H32Cl2IN3O4S/c1-23(2)37-33(41)31(20-24-9-5-3-6-10-24)38(21-25-13-18-29(34)30(35)19-25)32(40)22-39(27-16-14-26(36)15-17-27)44(42,43)28-11-7-4-8-12-28/h3-19,23,31H,20-22H2,1-2H3,(H,37,41)/t31-/m1/s1. The van der Waals surface area contributed by atoms with Gasteiger partial charge < -0.3 is 10.2 Å². The molecule has 2 amide bonds. The van der Waals surface area contributed by atoms with Gasteiger partial charge in [0.05, 0.1) is 20.6 Å². The number of halogens is 3. The summed E-state index contributed by atoms with van der Waals surface area (Å²) < 4.78 is 30.0. The Labute approximate surface area is 282 Å². The van der Waals surface area contributed by atoms with E-state index in [9.17, 15) is 18.0 Å². The van der Waals surface area contributed by atoms with Crippen LogP contribution in [0.4, 0.5) is 5.69 Å². The van der Waals surface area contributed by atoms with E-state index in [0.717, 1.165) is 13.4 Å². The Hall–Kier alpha value is -3.12. The summed E-state index contributed by atoms with van der Waals surface area (Å²) in [7, 11) is -4.16. The number of rotatable bonds is 12. The third-order valence-corrected chi connectivity index (χ3v) is 10.0. The first-order valence-electron chi connectivity index (χ1n) is 13.9. The Morgan fingerprint density at radius 1 is 0.818 bits per heavy atom. The molecule has 0 unspecified atom stereocenters. The topological polar surface area (TPSA) is 86.8 Å². The van der Waals surface area contributed by atoms with Crippen molar-refractivity contribution in [1.29, 1.82) is 0 Å². The highest BCUT2D eigenvalue weighted by atomic mass is 127. The van der Waals surface area contributed by atoms with Gasteiger partial charge in [-0.1, -0.05) is 77.8 Å². The summed E-state index contributed by atoms with van der Waals surface area (Å²) in [6.07, 6.45) is 0.210. The maximum absolute atomic E-state index is 14.4. The Kier molecular flexibility index (Phi) is 11.7. The molecule has 0 saturated carbocycles. The summed E-state index contributed by atoms with van der Waals surface area (Å²) in [5, 5.41) is 3.59. The first kappa shape index (κ1) is 33.8. The zero-order valence-corrected chi connectivity index (χ0v) is 28.6. The lowest BCUT2D eigenvalue weighted by atomic mass is 10.0. The Morgan fingerprint density at radius 3 is 2.02 bits per heavy atom. The maximum Gasteiger partial charge on any atom is 0.264 e. The van der Waals surface area contributed by atoms with Crippen LogP contribution in [0, 0.1) is 3.57 Å². The van der Waals surface area contributed by atoms with Crippen molar-refractivity contribution >= 4 is 73.3 Å². The number of sulfonamides is 1. The number of carbonyl (C=O) groups excluding carboxylic acids is 2. The van der Waals surface area contributed by atoms with E-state index < -0.39 is 28.5 Å². The van der Waals surface area contributed by atoms with Gasteiger partial charge in [-0.25, -0.2) is 8.42 Å². The first-order valence-corrected chi connectivity index (χ1v) is 17.1. The molecular formula is C33H32Cl2IN3O4S. The molecule has 1 N–H and O–H groups in total. The summed E-state index contributed by atoms with van der Waals surface area (Å²) >= 11 is 14.6. The zero-order valence-electron chi connectivity index (χ0n) is 24.2. The molecule has 4 aromatic rings. The largest absolute Gasteiger partial charge is 0.352 e. The molecular weight excluding hydrogens is 732 g/mol. The van der Waals surface area contributed by atoms with E-state index in [2.05, 4.69) is 27.9 Å². The van der Waals surface area contributed by atoms with Crippen LogP contribution in [0.25, 0.3) is 0 Å². The number of benzene rings is 4. The molecule has 0 saturated heterocycles. The number of hydrogen-bond acceptors (Lipinski definition) is 4. The molecule has 0 radical (unpaired) electrons. The van der Waals surface area contributed by atoms with Crippen LogP contribution in [-0.4, -0.2) is 43.8 Å². The molecule has 0 aliphatic rings. The molecule has 0 heterocycles. The molecule has 0 bridgehead atoms. The fraction of sp³-hybridized carbons (Fsp3) is 0.212. The summed E-state index contributed by atoms with van der Waals surface area (Å²) in [6.45, 7) is 3.13. The Bertz CT molecular complexity index is 1690. The molecule has 11 heteroatoms. The van der Waals surface area contributed by atoms with Gasteiger partial charge in [0.2, 0.25) is 11.8 Å². The number of carbonyl (C=O) groups is 2. The van der Waals surface area contributed by atoms with Gasteiger partial charge in [0.25, 0.3) is 10.0 Å². The number of nitrogens with zero attached hydrogens (tertiary/aromatic N) is 2. The molecule has 0 aliphatic heterocycles. The summed E-state index contributed by atoms with van der Waals surface area (Å²) in [5.41, 5.74) is 1.80. The number of nitrogens with one attached hydrogen (secondary N) is 1. The second kappa shape index (κ2) is 15.2. The first-order chi connectivity index (χ1) is 21.0. The van der Waals surface area contributed by atoms with Gasteiger partial charge in [0.1, 0.15) is 12.6 Å². The SMILES string of the molecule is CC(C)NC(=O)[C@@H](Cc1ccccc1)N(Cc1ccc(Cl)c(Cl)c1)C(=O)CN(c1ccc(I)cc1)S(=O)(=O)c1ccccc1. The van der Waals surface area contributed by atoms with E-state index >= 15 is 0 Å². The average Bonchev–Trinajstić information content (AvgIpc) is 3.00. The minimum Gasteiger partial charge on any atom is -0.352 e. The monoisotopic (exact) mass is 763 g/mol. The molecule has 4 rings (SSSR count). The average molecular weight is 765 g/mol. The van der Waals surface area contributed by atoms with Gasteiger partial charge in [-0.2, -0.15) is 0 Å². The molecule has 0 aromatic heterocycles. The fourth-order valence-corrected chi connectivity index (χ4v) is 6.74. The molecule has 0 aliphatic carbocycles. The van der Waals surface area contributed by atoms with E-state index in [1.807, 2.05) is 44.2 Å². The van der Waals surface area contributed by atoms with Crippen molar-refractivity contribution in [3.63, 3.8) is 0 Å². The van der Waals surface area contributed by atoms with E-state index in [-0.39, 0.29) is 29.8 Å². The van der Waals surface area contributed by atoms with Gasteiger partial charge >= 0.3 is 0 Å². The smallest absolute Gasteiger partial charge is 0.264 e. The van der Waals surface area contributed by atoms with Crippen LogP contribution in [-0.2, 0) is 32.6 Å². The Morgan fingerprint density at radius 2 is 1.43 bits per heavy atom. The number of anilines is 1. The second-order valence-corrected chi connectivity index (χ2v) is 14.4. The van der Waals surface area contributed by atoms with Crippen molar-refractivity contribution in [3.8, 4) is 0 Å². The van der Waals surface area contributed by atoms with Crippen molar-refractivity contribution in [1.82, 2.24) is 10.2 Å². The number of amides is 2.